The normalized spacial score (nSPS) is 16.8. The topological polar surface area (TPSA) is 220 Å². The highest BCUT2D eigenvalue weighted by molar-refractivity contribution is 7.18. The van der Waals surface area contributed by atoms with Gasteiger partial charge < -0.3 is 25.2 Å². The van der Waals surface area contributed by atoms with Gasteiger partial charge in [0.25, 0.3) is 11.8 Å². The van der Waals surface area contributed by atoms with Crippen LogP contribution in [0.4, 0.5) is 16.5 Å². The standard InChI is InChI=1S/C40H40N12O6S/c1-23(2)45-30-19-31(32-6-4-26-17-24(20-41)21-44-52(26)32)43-22-29(30)37-47-48-40(59-37)50-13-11-49(12-14-50)35(54)9-15-58-16-10-42-25-3-5-27-28(18-25)39(57)51(38(27)56)33-7-8-34(53)46-36(33)55/h3-6,17-19,21-23,33,42H,7-16H2,1-2H3,(H,43,45)(H,46,53,55). The Kier molecular flexibility index (Phi) is 11.0. The molecule has 0 saturated carbocycles. The molecule has 1 atom stereocenters. The molecule has 0 spiro atoms. The van der Waals surface area contributed by atoms with Gasteiger partial charge in [-0.1, -0.05) is 11.3 Å². The van der Waals surface area contributed by atoms with Crippen LogP contribution in [-0.2, 0) is 19.1 Å². The first kappa shape index (κ1) is 39.1. The third-order valence-corrected chi connectivity index (χ3v) is 11.3. The van der Waals surface area contributed by atoms with Crippen molar-refractivity contribution in [2.75, 3.05) is 61.5 Å². The molecule has 3 aliphatic rings. The number of ether oxygens (including phenoxy) is 1. The minimum absolute atomic E-state index is 0.00460. The van der Waals surface area contributed by atoms with E-state index >= 15 is 0 Å². The van der Waals surface area contributed by atoms with Gasteiger partial charge in [-0.3, -0.25) is 39.2 Å². The minimum atomic E-state index is -1.02. The van der Waals surface area contributed by atoms with E-state index in [0.717, 1.165) is 43.2 Å². The Labute approximate surface area is 342 Å². The van der Waals surface area contributed by atoms with Crippen molar-refractivity contribution in [2.45, 2.75) is 45.2 Å². The summed E-state index contributed by atoms with van der Waals surface area (Å²) in [6.45, 7) is 7.39. The number of aromatic nitrogens is 5. The number of amides is 5. The molecule has 0 bridgehead atoms. The van der Waals surface area contributed by atoms with Gasteiger partial charge in [0, 0.05) is 62.8 Å². The molecule has 59 heavy (non-hydrogen) atoms. The summed E-state index contributed by atoms with van der Waals surface area (Å²) in [4.78, 5) is 72.6. The number of hydrogen-bond donors (Lipinski definition) is 3. The molecule has 2 fully saturated rings. The number of rotatable bonds is 13. The molecule has 0 radical (unpaired) electrons. The molecule has 1 unspecified atom stereocenters. The van der Waals surface area contributed by atoms with Crippen LogP contribution in [0.25, 0.3) is 27.5 Å². The number of piperidine rings is 1. The molecule has 19 heteroatoms. The third kappa shape index (κ3) is 8.04. The average molecular weight is 817 g/mol. The van der Waals surface area contributed by atoms with Gasteiger partial charge >= 0.3 is 0 Å². The predicted molar refractivity (Wildman–Crippen MR) is 217 cm³/mol. The Bertz CT molecular complexity index is 2520. The number of nitriles is 1. The fourth-order valence-electron chi connectivity index (χ4n) is 7.32. The lowest BCUT2D eigenvalue weighted by molar-refractivity contribution is -0.136. The van der Waals surface area contributed by atoms with Crippen LogP contribution in [0, 0.1) is 11.3 Å². The molecular formula is C40H40N12O6S. The number of benzene rings is 1. The fraction of sp³-hybridized carbons (Fsp3) is 0.350. The third-order valence-electron chi connectivity index (χ3n) is 10.3. The second kappa shape index (κ2) is 16.6. The van der Waals surface area contributed by atoms with Gasteiger partial charge in [-0.05, 0) is 62.7 Å². The number of piperazine rings is 1. The van der Waals surface area contributed by atoms with Crippen LogP contribution in [-0.4, -0.2) is 122 Å². The monoisotopic (exact) mass is 816 g/mol. The summed E-state index contributed by atoms with van der Waals surface area (Å²) in [5, 5.41) is 33.1. The van der Waals surface area contributed by atoms with Gasteiger partial charge in [0.1, 0.15) is 12.1 Å². The second-order valence-corrected chi connectivity index (χ2v) is 15.5. The van der Waals surface area contributed by atoms with E-state index in [2.05, 4.69) is 56.1 Å². The van der Waals surface area contributed by atoms with E-state index in [0.29, 0.717) is 50.6 Å². The molecule has 302 valence electrons. The van der Waals surface area contributed by atoms with Crippen molar-refractivity contribution in [1.82, 2.24) is 39.9 Å². The smallest absolute Gasteiger partial charge is 0.262 e. The molecular weight excluding hydrogens is 777 g/mol. The molecule has 4 aromatic heterocycles. The van der Waals surface area contributed by atoms with Crippen molar-refractivity contribution in [2.24, 2.45) is 0 Å². The summed E-state index contributed by atoms with van der Waals surface area (Å²) in [7, 11) is 0. The maximum atomic E-state index is 13.1. The average Bonchev–Trinajstić information content (AvgIpc) is 3.95. The van der Waals surface area contributed by atoms with Crippen LogP contribution in [0.15, 0.2) is 54.9 Å². The zero-order valence-electron chi connectivity index (χ0n) is 32.3. The molecule has 18 nitrogen and oxygen atoms in total. The molecule has 3 aliphatic heterocycles. The highest BCUT2D eigenvalue weighted by atomic mass is 32.1. The first-order valence-corrected chi connectivity index (χ1v) is 20.1. The van der Waals surface area contributed by atoms with Crippen molar-refractivity contribution in [3.63, 3.8) is 0 Å². The number of imide groups is 2. The zero-order chi connectivity index (χ0) is 41.2. The molecule has 1 aromatic carbocycles. The fourth-order valence-corrected chi connectivity index (χ4v) is 8.24. The van der Waals surface area contributed by atoms with E-state index in [1.165, 1.54) is 17.5 Å². The second-order valence-electron chi connectivity index (χ2n) is 14.6. The first-order chi connectivity index (χ1) is 28.6. The highest BCUT2D eigenvalue weighted by Gasteiger charge is 2.44. The number of carbonyl (C=O) groups excluding carboxylic acids is 5. The van der Waals surface area contributed by atoms with Gasteiger partial charge in [-0.15, -0.1) is 10.2 Å². The lowest BCUT2D eigenvalue weighted by Gasteiger charge is -2.34. The van der Waals surface area contributed by atoms with Crippen molar-refractivity contribution >= 4 is 62.9 Å². The van der Waals surface area contributed by atoms with E-state index in [-0.39, 0.29) is 48.9 Å². The summed E-state index contributed by atoms with van der Waals surface area (Å²) in [6, 6.07) is 13.6. The largest absolute Gasteiger partial charge is 0.383 e. The minimum Gasteiger partial charge on any atom is -0.383 e. The summed E-state index contributed by atoms with van der Waals surface area (Å²) < 4.78 is 7.49. The Hall–Kier alpha value is -6.78. The Morgan fingerprint density at radius 3 is 2.58 bits per heavy atom. The van der Waals surface area contributed by atoms with Crippen LogP contribution in [0.2, 0.25) is 0 Å². The molecule has 7 heterocycles. The maximum absolute atomic E-state index is 13.1. The lowest BCUT2D eigenvalue weighted by atomic mass is 10.0. The van der Waals surface area contributed by atoms with Crippen LogP contribution < -0.4 is 20.9 Å². The van der Waals surface area contributed by atoms with E-state index in [1.54, 1.807) is 35.0 Å². The van der Waals surface area contributed by atoms with Gasteiger partial charge in [0.05, 0.1) is 65.0 Å². The Morgan fingerprint density at radius 2 is 1.80 bits per heavy atom. The number of pyridine rings is 1. The van der Waals surface area contributed by atoms with Crippen molar-refractivity contribution < 1.29 is 28.7 Å². The van der Waals surface area contributed by atoms with Crippen LogP contribution in [0.3, 0.4) is 0 Å². The van der Waals surface area contributed by atoms with Crippen LogP contribution in [0.5, 0.6) is 0 Å². The number of nitrogens with zero attached hydrogens (tertiary/aromatic N) is 9. The van der Waals surface area contributed by atoms with E-state index in [4.69, 9.17) is 9.72 Å². The van der Waals surface area contributed by atoms with Crippen LogP contribution >= 0.6 is 11.3 Å². The summed E-state index contributed by atoms with van der Waals surface area (Å²) in [6.07, 6.45) is 3.71. The molecule has 2 saturated heterocycles. The quantitative estimate of drug-likeness (QED) is 0.115. The number of hydrogen-bond acceptors (Lipinski definition) is 15. The summed E-state index contributed by atoms with van der Waals surface area (Å²) >= 11 is 1.47. The first-order valence-electron chi connectivity index (χ1n) is 19.3. The SMILES string of the molecule is CC(C)Nc1cc(-c2ccc3cc(C#N)cnn23)ncc1-c1nnc(N2CCN(C(=O)CCOCCNc3ccc4c(c3)C(=O)N(C3CCC(=O)NC3=O)C4=O)CC2)s1. The van der Waals surface area contributed by atoms with E-state index in [1.807, 2.05) is 23.1 Å². The Morgan fingerprint density at radius 1 is 0.983 bits per heavy atom. The van der Waals surface area contributed by atoms with Gasteiger partial charge in [0.2, 0.25) is 22.9 Å². The van der Waals surface area contributed by atoms with Crippen molar-refractivity contribution in [1.29, 1.82) is 5.26 Å². The molecule has 5 amide bonds. The molecule has 3 N–H and O–H groups in total. The predicted octanol–water partition coefficient (Wildman–Crippen LogP) is 3.18. The number of fused-ring (bicyclic) bond motifs is 2. The van der Waals surface area contributed by atoms with E-state index in [9.17, 15) is 29.2 Å². The van der Waals surface area contributed by atoms with Crippen LogP contribution in [0.1, 0.15) is 59.4 Å². The van der Waals surface area contributed by atoms with Crippen molar-refractivity contribution in [3.05, 3.63) is 71.5 Å². The number of carbonyl (C=O) groups is 5. The Balaban J connectivity index is 0.794. The zero-order valence-corrected chi connectivity index (χ0v) is 33.1. The molecule has 5 aromatic rings. The van der Waals surface area contributed by atoms with Gasteiger partial charge in [-0.2, -0.15) is 10.4 Å². The van der Waals surface area contributed by atoms with E-state index < -0.39 is 29.7 Å². The molecule has 0 aliphatic carbocycles. The summed E-state index contributed by atoms with van der Waals surface area (Å²) in [5.74, 6) is -2.20. The lowest BCUT2D eigenvalue weighted by Crippen LogP contribution is -2.54. The van der Waals surface area contributed by atoms with Gasteiger partial charge in [0.15, 0.2) is 5.01 Å². The highest BCUT2D eigenvalue weighted by Crippen LogP contribution is 2.36. The molecule has 8 rings (SSSR count). The number of nitrogens with one attached hydrogen (secondary N) is 3. The summed E-state index contributed by atoms with van der Waals surface area (Å²) in [5.41, 5.74) is 5.50. The maximum Gasteiger partial charge on any atom is 0.262 e. The van der Waals surface area contributed by atoms with Gasteiger partial charge in [-0.25, -0.2) is 4.52 Å². The number of anilines is 3. The van der Waals surface area contributed by atoms with Crippen molar-refractivity contribution in [3.8, 4) is 28.0 Å².